The van der Waals surface area contributed by atoms with Crippen molar-refractivity contribution < 1.29 is 42.9 Å². The highest BCUT2D eigenvalue weighted by molar-refractivity contribution is 5.71. The molecule has 1 N–H and O–H groups in total. The van der Waals surface area contributed by atoms with Crippen LogP contribution in [0, 0.1) is 0 Å². The summed E-state index contributed by atoms with van der Waals surface area (Å²) in [6, 6.07) is 0. The summed E-state index contributed by atoms with van der Waals surface area (Å²) in [5.41, 5.74) is 0. The largest absolute Gasteiger partial charge is 0.477 e. The Morgan fingerprint density at radius 1 is 0.299 bits per heavy atom. The van der Waals surface area contributed by atoms with E-state index in [1.807, 2.05) is 21.1 Å². The van der Waals surface area contributed by atoms with Crippen molar-refractivity contribution >= 4 is 17.9 Å². The molecule has 0 aliphatic heterocycles. The van der Waals surface area contributed by atoms with Crippen molar-refractivity contribution in [1.82, 2.24) is 0 Å². The van der Waals surface area contributed by atoms with E-state index in [-0.39, 0.29) is 38.2 Å². The van der Waals surface area contributed by atoms with Gasteiger partial charge in [-0.05, 0) is 12.8 Å². The van der Waals surface area contributed by atoms with Gasteiger partial charge in [-0.25, -0.2) is 4.79 Å². The number of hydrogen-bond acceptors (Lipinski definition) is 7. The molecule has 0 spiro atoms. The Morgan fingerprint density at radius 2 is 0.517 bits per heavy atom. The lowest BCUT2D eigenvalue weighted by atomic mass is 10.0. The van der Waals surface area contributed by atoms with Gasteiger partial charge >= 0.3 is 17.9 Å². The quantitative estimate of drug-likeness (QED) is 0.0278. The van der Waals surface area contributed by atoms with Crippen LogP contribution in [0.4, 0.5) is 0 Å². The monoisotopic (exact) mass is 1230 g/mol. The maximum absolute atomic E-state index is 13.0. The molecular weight excluding hydrogens is 1080 g/mol. The highest BCUT2D eigenvalue weighted by Gasteiger charge is 2.25. The van der Waals surface area contributed by atoms with Gasteiger partial charge in [-0.15, -0.1) is 0 Å². The van der Waals surface area contributed by atoms with Crippen LogP contribution in [0.3, 0.4) is 0 Å². The fourth-order valence-corrected chi connectivity index (χ4v) is 12.4. The number of likely N-dealkylation sites (N-methyl/N-ethyl adjacent to an activating group) is 1. The Morgan fingerprint density at radius 3 is 0.736 bits per heavy atom. The summed E-state index contributed by atoms with van der Waals surface area (Å²) in [5.74, 6) is -1.96. The van der Waals surface area contributed by atoms with E-state index in [0.717, 1.165) is 38.5 Å². The second-order valence-corrected chi connectivity index (χ2v) is 28.4. The normalized spacial score (nSPS) is 12.5. The molecule has 0 aromatic carbocycles. The molecule has 2 atom stereocenters. The summed E-state index contributed by atoms with van der Waals surface area (Å²) in [6.07, 6.45) is 82.6. The van der Waals surface area contributed by atoms with Crippen LogP contribution < -0.4 is 0 Å². The topological polar surface area (TPSA) is 108 Å². The first-order valence-corrected chi connectivity index (χ1v) is 39.2. The van der Waals surface area contributed by atoms with Crippen LogP contribution in [-0.2, 0) is 33.3 Å². The van der Waals surface area contributed by atoms with E-state index < -0.39 is 18.4 Å². The summed E-state index contributed by atoms with van der Waals surface area (Å²) in [6.45, 7) is 4.98. The molecule has 0 amide bonds. The molecule has 0 saturated carbocycles. The van der Waals surface area contributed by atoms with Gasteiger partial charge in [0.15, 0.2) is 6.10 Å². The molecule has 0 fully saturated rings. The molecule has 9 nitrogen and oxygen atoms in total. The molecule has 2 unspecified atom stereocenters. The second-order valence-electron chi connectivity index (χ2n) is 28.4. The van der Waals surface area contributed by atoms with Crippen LogP contribution in [0.2, 0.25) is 0 Å². The van der Waals surface area contributed by atoms with Crippen LogP contribution in [0.15, 0.2) is 0 Å². The standard InChI is InChI=1S/C78H153NO8/c1-6-8-10-12-14-16-18-20-22-24-26-28-30-32-34-35-36-37-38-39-40-41-43-45-47-49-51-53-55-57-59-61-63-65-67-69-76(81)87-74(73-86-78(77(82)83)84-71-70-79(3,4)5)72-85-75(80)68-66-64-62-60-58-56-54-52-50-48-46-44-42-33-31-29-27-25-23-21-19-17-15-13-11-9-7-2/h74,78H,6-73H2,1-5H3/p+1. The zero-order valence-corrected chi connectivity index (χ0v) is 59.5. The third-order valence-corrected chi connectivity index (χ3v) is 18.4. The molecule has 518 valence electrons. The average Bonchev–Trinajstić information content (AvgIpc) is 3.56. The highest BCUT2D eigenvalue weighted by atomic mass is 16.7. The number of carbonyl (C=O) groups is 3. The molecule has 0 radical (unpaired) electrons. The van der Waals surface area contributed by atoms with Gasteiger partial charge in [0.05, 0.1) is 34.4 Å². The van der Waals surface area contributed by atoms with Gasteiger partial charge in [0, 0.05) is 12.8 Å². The number of nitrogens with zero attached hydrogens (tertiary/aromatic N) is 1. The van der Waals surface area contributed by atoms with Crippen molar-refractivity contribution in [2.24, 2.45) is 0 Å². The number of carboxylic acids is 1. The van der Waals surface area contributed by atoms with E-state index in [9.17, 15) is 19.5 Å². The van der Waals surface area contributed by atoms with E-state index in [2.05, 4.69) is 13.8 Å². The Kier molecular flexibility index (Phi) is 68.8. The van der Waals surface area contributed by atoms with Gasteiger partial charge < -0.3 is 28.5 Å². The Bertz CT molecular complexity index is 1390. The number of ether oxygens (including phenoxy) is 4. The first-order chi connectivity index (χ1) is 42.6. The molecule has 87 heavy (non-hydrogen) atoms. The molecule has 0 aliphatic carbocycles. The van der Waals surface area contributed by atoms with Crippen molar-refractivity contribution in [1.29, 1.82) is 0 Å². The third-order valence-electron chi connectivity index (χ3n) is 18.4. The number of esters is 2. The number of carboxylic acid groups (broad SMARTS) is 1. The van der Waals surface area contributed by atoms with E-state index in [0.29, 0.717) is 17.4 Å². The number of rotatable bonds is 75. The lowest BCUT2D eigenvalue weighted by molar-refractivity contribution is -0.870. The lowest BCUT2D eigenvalue weighted by Gasteiger charge is -2.25. The Labute approximate surface area is 543 Å². The van der Waals surface area contributed by atoms with Crippen LogP contribution in [0.1, 0.15) is 425 Å². The smallest absolute Gasteiger partial charge is 0.361 e. The van der Waals surface area contributed by atoms with Gasteiger partial charge in [-0.2, -0.15) is 0 Å². The van der Waals surface area contributed by atoms with Crippen LogP contribution >= 0.6 is 0 Å². The van der Waals surface area contributed by atoms with E-state index >= 15 is 0 Å². The van der Waals surface area contributed by atoms with Gasteiger partial charge in [-0.3, -0.25) is 9.59 Å². The van der Waals surface area contributed by atoms with Crippen LogP contribution in [0.5, 0.6) is 0 Å². The van der Waals surface area contributed by atoms with E-state index in [1.165, 1.54) is 360 Å². The average molecular weight is 1230 g/mol. The number of unbranched alkanes of at least 4 members (excludes halogenated alkanes) is 60. The van der Waals surface area contributed by atoms with Crippen LogP contribution in [-0.4, -0.2) is 87.4 Å². The zero-order chi connectivity index (χ0) is 63.3. The SMILES string of the molecule is CCCCCCCCCCCCCCCCCCCCCCCCCCCCCCCCCCCCCC(=O)OC(COC(=O)CCCCCCCCCCCCCCCCCCCCCCCCCCCCC)COC(OCC[N+](C)(C)C)C(=O)O. The maximum Gasteiger partial charge on any atom is 0.361 e. The fraction of sp³-hybridized carbons (Fsp3) is 0.962. The summed E-state index contributed by atoms with van der Waals surface area (Å²) in [4.78, 5) is 37.7. The summed E-state index contributed by atoms with van der Waals surface area (Å²) in [7, 11) is 6.00. The number of aliphatic carboxylic acids is 1. The lowest BCUT2D eigenvalue weighted by Crippen LogP contribution is -2.40. The summed E-state index contributed by atoms with van der Waals surface area (Å²) in [5, 5.41) is 9.76. The molecular formula is C78H154NO8+. The molecule has 0 aromatic rings. The highest BCUT2D eigenvalue weighted by Crippen LogP contribution is 2.21. The molecule has 0 aromatic heterocycles. The minimum absolute atomic E-state index is 0.172. The first-order valence-electron chi connectivity index (χ1n) is 39.2. The van der Waals surface area contributed by atoms with E-state index in [1.54, 1.807) is 0 Å². The Balaban J connectivity index is 3.96. The maximum atomic E-state index is 13.0. The molecule has 9 heteroatoms. The zero-order valence-electron chi connectivity index (χ0n) is 59.5. The van der Waals surface area contributed by atoms with Gasteiger partial charge in [0.2, 0.25) is 0 Å². The van der Waals surface area contributed by atoms with Crippen molar-refractivity contribution in [2.45, 2.75) is 437 Å². The molecule has 0 rings (SSSR count). The molecule has 0 aliphatic rings. The number of quaternary nitrogens is 1. The fourth-order valence-electron chi connectivity index (χ4n) is 12.4. The van der Waals surface area contributed by atoms with E-state index in [4.69, 9.17) is 18.9 Å². The number of carbonyl (C=O) groups excluding carboxylic acids is 2. The predicted octanol–water partition coefficient (Wildman–Crippen LogP) is 24.6. The Hall–Kier alpha value is -1.71. The van der Waals surface area contributed by atoms with Gasteiger partial charge in [0.1, 0.15) is 13.2 Å². The van der Waals surface area contributed by atoms with Crippen molar-refractivity contribution in [3.05, 3.63) is 0 Å². The third kappa shape index (κ3) is 71.6. The van der Waals surface area contributed by atoms with Crippen molar-refractivity contribution in [3.8, 4) is 0 Å². The van der Waals surface area contributed by atoms with Crippen molar-refractivity contribution in [2.75, 3.05) is 47.5 Å². The van der Waals surface area contributed by atoms with Crippen LogP contribution in [0.25, 0.3) is 0 Å². The predicted molar refractivity (Wildman–Crippen MR) is 374 cm³/mol. The molecule has 0 heterocycles. The van der Waals surface area contributed by atoms with Gasteiger partial charge in [-0.1, -0.05) is 399 Å². The second kappa shape index (κ2) is 70.2. The van der Waals surface area contributed by atoms with Crippen molar-refractivity contribution in [3.63, 3.8) is 0 Å². The minimum Gasteiger partial charge on any atom is -0.477 e. The first kappa shape index (κ1) is 85.3. The van der Waals surface area contributed by atoms with Gasteiger partial charge in [0.25, 0.3) is 6.29 Å². The molecule has 0 bridgehead atoms. The summed E-state index contributed by atoms with van der Waals surface area (Å²) < 4.78 is 23.1. The summed E-state index contributed by atoms with van der Waals surface area (Å²) >= 11 is 0. The number of hydrogen-bond donors (Lipinski definition) is 1. The molecule has 0 saturated heterocycles. The minimum atomic E-state index is -1.50.